The van der Waals surface area contributed by atoms with E-state index in [-0.39, 0.29) is 23.6 Å². The molecule has 3 nitrogen and oxygen atoms in total. The molecule has 1 atom stereocenters. The lowest BCUT2D eigenvalue weighted by Gasteiger charge is -2.37. The summed E-state index contributed by atoms with van der Waals surface area (Å²) >= 11 is 0. The zero-order valence-electron chi connectivity index (χ0n) is 16.5. The van der Waals surface area contributed by atoms with Crippen LogP contribution in [0.3, 0.4) is 0 Å². The first-order chi connectivity index (χ1) is 14.1. The molecule has 1 amide bonds. The summed E-state index contributed by atoms with van der Waals surface area (Å²) in [6.07, 6.45) is 7.08. The van der Waals surface area contributed by atoms with Crippen molar-refractivity contribution in [3.63, 3.8) is 0 Å². The highest BCUT2D eigenvalue weighted by atomic mass is 19.1. The largest absolute Gasteiger partial charge is 0.331 e. The summed E-state index contributed by atoms with van der Waals surface area (Å²) in [6.45, 7) is 3.05. The maximum absolute atomic E-state index is 13.4. The zero-order valence-corrected chi connectivity index (χ0v) is 16.5. The lowest BCUT2D eigenvalue weighted by molar-refractivity contribution is -0.929. The van der Waals surface area contributed by atoms with Gasteiger partial charge in [0.25, 0.3) is 0 Å². The summed E-state index contributed by atoms with van der Waals surface area (Å²) in [4.78, 5) is 15.9. The maximum atomic E-state index is 13.4. The minimum Gasteiger partial charge on any atom is -0.331 e. The van der Waals surface area contributed by atoms with Gasteiger partial charge in [0.1, 0.15) is 17.7 Å². The Morgan fingerprint density at radius 3 is 2.00 bits per heavy atom. The number of nitrogens with zero attached hydrogens (tertiary/aromatic N) is 1. The second kappa shape index (κ2) is 8.87. The Morgan fingerprint density at radius 2 is 1.52 bits per heavy atom. The molecule has 0 radical (unpaired) electrons. The van der Waals surface area contributed by atoms with Crippen molar-refractivity contribution in [1.82, 2.24) is 4.90 Å². The SMILES string of the molecule is O=C(C[C@H]1C=CCC1)N1CC[NH+](C(c2ccc(F)cc2)c2ccc(F)cc2)CC1. The van der Waals surface area contributed by atoms with Crippen LogP contribution < -0.4 is 4.90 Å². The first kappa shape index (κ1) is 19.8. The third-order valence-electron chi connectivity index (χ3n) is 6.12. The Hall–Kier alpha value is -2.53. The van der Waals surface area contributed by atoms with Crippen LogP contribution >= 0.6 is 0 Å². The quantitative estimate of drug-likeness (QED) is 0.771. The fourth-order valence-electron chi connectivity index (χ4n) is 4.53. The van der Waals surface area contributed by atoms with Crippen molar-refractivity contribution >= 4 is 5.91 Å². The molecule has 1 saturated heterocycles. The third kappa shape index (κ3) is 4.73. The van der Waals surface area contributed by atoms with Crippen molar-refractivity contribution in [2.45, 2.75) is 25.3 Å². The molecule has 1 heterocycles. The number of piperazine rings is 1. The molecule has 0 bridgehead atoms. The first-order valence-corrected chi connectivity index (χ1v) is 10.4. The predicted molar refractivity (Wildman–Crippen MR) is 108 cm³/mol. The lowest BCUT2D eigenvalue weighted by atomic mass is 9.96. The number of benzene rings is 2. The van der Waals surface area contributed by atoms with Gasteiger partial charge in [0.15, 0.2) is 0 Å². The molecule has 5 heteroatoms. The molecular weight excluding hydrogens is 370 g/mol. The summed E-state index contributed by atoms with van der Waals surface area (Å²) in [5, 5.41) is 0. The Kier molecular flexibility index (Phi) is 6.05. The number of nitrogens with one attached hydrogen (secondary N) is 1. The first-order valence-electron chi connectivity index (χ1n) is 10.4. The van der Waals surface area contributed by atoms with Gasteiger partial charge in [-0.05, 0) is 67.3 Å². The Morgan fingerprint density at radius 1 is 0.966 bits per heavy atom. The zero-order chi connectivity index (χ0) is 20.2. The summed E-state index contributed by atoms with van der Waals surface area (Å²) in [5.41, 5.74) is 2.01. The van der Waals surface area contributed by atoms with Crippen LogP contribution in [0.5, 0.6) is 0 Å². The van der Waals surface area contributed by atoms with Crippen LogP contribution in [0.2, 0.25) is 0 Å². The minimum atomic E-state index is -0.266. The van der Waals surface area contributed by atoms with Crippen molar-refractivity contribution in [1.29, 1.82) is 0 Å². The highest BCUT2D eigenvalue weighted by Gasteiger charge is 2.32. The molecule has 2 aliphatic rings. The Bertz CT molecular complexity index is 810. The van der Waals surface area contributed by atoms with Crippen molar-refractivity contribution in [2.75, 3.05) is 26.2 Å². The number of carbonyl (C=O) groups excluding carboxylic acids is 1. The molecule has 1 N–H and O–H groups in total. The number of hydrogen-bond acceptors (Lipinski definition) is 1. The second-order valence-electron chi connectivity index (χ2n) is 8.04. The number of halogens is 2. The summed E-state index contributed by atoms with van der Waals surface area (Å²) in [6, 6.07) is 13.1. The smallest absolute Gasteiger partial charge is 0.223 e. The number of amides is 1. The lowest BCUT2D eigenvalue weighted by Crippen LogP contribution is -3.15. The van der Waals surface area contributed by atoms with Gasteiger partial charge in [-0.1, -0.05) is 12.2 Å². The average Bonchev–Trinajstić information content (AvgIpc) is 3.24. The molecule has 1 fully saturated rings. The van der Waals surface area contributed by atoms with Gasteiger partial charge >= 0.3 is 0 Å². The molecule has 0 aromatic heterocycles. The molecule has 0 unspecified atom stereocenters. The van der Waals surface area contributed by atoms with E-state index in [1.54, 1.807) is 24.3 Å². The molecule has 1 aliphatic carbocycles. The van der Waals surface area contributed by atoms with Crippen LogP contribution in [0.25, 0.3) is 0 Å². The minimum absolute atomic E-state index is 0.00813. The molecule has 2 aromatic rings. The van der Waals surface area contributed by atoms with Crippen LogP contribution in [-0.4, -0.2) is 37.0 Å². The van der Waals surface area contributed by atoms with Crippen LogP contribution in [0.4, 0.5) is 8.78 Å². The molecule has 2 aromatic carbocycles. The summed E-state index contributed by atoms with van der Waals surface area (Å²) < 4.78 is 26.9. The standard InChI is InChI=1S/C24H26F2N2O/c25-21-9-5-19(6-10-21)24(20-7-11-22(26)12-8-20)28-15-13-27(14-16-28)23(29)17-18-3-1-2-4-18/h1,3,5-12,18,24H,2,4,13-17H2/p+1/t18-/m0/s1. The molecule has 152 valence electrons. The van der Waals surface area contributed by atoms with Crippen LogP contribution in [0.15, 0.2) is 60.7 Å². The third-order valence-corrected chi connectivity index (χ3v) is 6.12. The molecule has 1 aliphatic heterocycles. The van der Waals surface area contributed by atoms with Crippen LogP contribution in [-0.2, 0) is 4.79 Å². The van der Waals surface area contributed by atoms with E-state index >= 15 is 0 Å². The van der Waals surface area contributed by atoms with E-state index < -0.39 is 0 Å². The molecule has 0 spiro atoms. The van der Waals surface area contributed by atoms with Gasteiger partial charge in [-0.2, -0.15) is 0 Å². The van der Waals surface area contributed by atoms with Gasteiger partial charge < -0.3 is 9.80 Å². The molecular formula is C24H27F2N2O+. The molecule has 0 saturated carbocycles. The number of carbonyl (C=O) groups is 1. The van der Waals surface area contributed by atoms with Crippen molar-refractivity contribution < 1.29 is 18.5 Å². The van der Waals surface area contributed by atoms with E-state index in [0.717, 1.165) is 37.1 Å². The number of rotatable bonds is 5. The fourth-order valence-corrected chi connectivity index (χ4v) is 4.53. The van der Waals surface area contributed by atoms with Gasteiger partial charge in [0.2, 0.25) is 5.91 Å². The summed E-state index contributed by atoms with van der Waals surface area (Å²) in [7, 11) is 0. The van der Waals surface area contributed by atoms with Gasteiger partial charge in [0, 0.05) is 17.5 Å². The van der Waals surface area contributed by atoms with Crippen molar-refractivity contribution in [3.05, 3.63) is 83.4 Å². The Labute approximate surface area is 170 Å². The molecule has 29 heavy (non-hydrogen) atoms. The monoisotopic (exact) mass is 397 g/mol. The second-order valence-corrected chi connectivity index (χ2v) is 8.04. The normalized spacial score (nSPS) is 19.8. The number of quaternary nitrogens is 1. The van der Waals surface area contributed by atoms with Gasteiger partial charge in [-0.15, -0.1) is 0 Å². The van der Waals surface area contributed by atoms with Crippen molar-refractivity contribution in [2.24, 2.45) is 5.92 Å². The van der Waals surface area contributed by atoms with E-state index in [2.05, 4.69) is 12.2 Å². The maximum Gasteiger partial charge on any atom is 0.223 e. The average molecular weight is 397 g/mol. The highest BCUT2D eigenvalue weighted by Crippen LogP contribution is 2.22. The fraction of sp³-hybridized carbons (Fsp3) is 0.375. The van der Waals surface area contributed by atoms with Crippen LogP contribution in [0.1, 0.15) is 36.4 Å². The highest BCUT2D eigenvalue weighted by molar-refractivity contribution is 5.76. The van der Waals surface area contributed by atoms with E-state index in [1.165, 1.54) is 29.2 Å². The summed E-state index contributed by atoms with van der Waals surface area (Å²) in [5.74, 6) is 0.0933. The van der Waals surface area contributed by atoms with Crippen LogP contribution in [0, 0.1) is 17.6 Å². The van der Waals surface area contributed by atoms with Crippen molar-refractivity contribution in [3.8, 4) is 0 Å². The van der Waals surface area contributed by atoms with Gasteiger partial charge in [-0.25, -0.2) is 8.78 Å². The van der Waals surface area contributed by atoms with E-state index in [0.29, 0.717) is 25.4 Å². The van der Waals surface area contributed by atoms with E-state index in [9.17, 15) is 13.6 Å². The number of allylic oxidation sites excluding steroid dienone is 2. The Balaban J connectivity index is 1.47. The van der Waals surface area contributed by atoms with E-state index in [1.807, 2.05) is 4.90 Å². The molecule has 4 rings (SSSR count). The van der Waals surface area contributed by atoms with Gasteiger partial charge in [0.05, 0.1) is 26.2 Å². The topological polar surface area (TPSA) is 24.8 Å². The predicted octanol–water partition coefficient (Wildman–Crippen LogP) is 3.14. The van der Waals surface area contributed by atoms with E-state index in [4.69, 9.17) is 0 Å². The number of hydrogen-bond donors (Lipinski definition) is 1. The van der Waals surface area contributed by atoms with Gasteiger partial charge in [-0.3, -0.25) is 4.79 Å².